The molecular weight excluding hydrogens is 333 g/mol. The molecule has 0 aliphatic heterocycles. The second-order valence-corrected chi connectivity index (χ2v) is 5.95. The van der Waals surface area contributed by atoms with Gasteiger partial charge < -0.3 is 5.11 Å². The maximum absolute atomic E-state index is 12.9. The molecule has 5 nitrogen and oxygen atoms in total. The Kier molecular flexibility index (Phi) is 6.86. The van der Waals surface area contributed by atoms with E-state index in [1.54, 1.807) is 19.1 Å². The standard InChI is InChI=1S/C20H24FN3O2/c1-4-24(5-2)13-17-12-16(8-11-19(17)25)14(3)22-23-20(26)15-6-9-18(21)10-7-15/h6-12,25H,4-5,13H2,1-3H3,(H,23,26)/b22-14+. The van der Waals surface area contributed by atoms with Gasteiger partial charge in [0.15, 0.2) is 0 Å². The van der Waals surface area contributed by atoms with Gasteiger partial charge in [-0.25, -0.2) is 9.82 Å². The van der Waals surface area contributed by atoms with Crippen LogP contribution in [0.2, 0.25) is 0 Å². The maximum Gasteiger partial charge on any atom is 0.271 e. The fourth-order valence-electron chi connectivity index (χ4n) is 2.49. The van der Waals surface area contributed by atoms with E-state index < -0.39 is 11.7 Å². The summed E-state index contributed by atoms with van der Waals surface area (Å²) in [6, 6.07) is 10.5. The number of carbonyl (C=O) groups is 1. The Labute approximate surface area is 153 Å². The average Bonchev–Trinajstić information content (AvgIpc) is 2.65. The maximum atomic E-state index is 12.9. The van der Waals surface area contributed by atoms with Crippen molar-refractivity contribution in [2.45, 2.75) is 27.3 Å². The van der Waals surface area contributed by atoms with E-state index in [0.29, 0.717) is 17.8 Å². The smallest absolute Gasteiger partial charge is 0.271 e. The highest BCUT2D eigenvalue weighted by Gasteiger charge is 2.09. The van der Waals surface area contributed by atoms with Crippen LogP contribution in [0.4, 0.5) is 4.39 Å². The summed E-state index contributed by atoms with van der Waals surface area (Å²) in [5, 5.41) is 14.2. The quantitative estimate of drug-likeness (QED) is 0.589. The van der Waals surface area contributed by atoms with Crippen LogP contribution in [-0.2, 0) is 6.54 Å². The van der Waals surface area contributed by atoms with E-state index in [0.717, 1.165) is 24.2 Å². The summed E-state index contributed by atoms with van der Waals surface area (Å²) in [7, 11) is 0. The predicted molar refractivity (Wildman–Crippen MR) is 101 cm³/mol. The highest BCUT2D eigenvalue weighted by atomic mass is 19.1. The van der Waals surface area contributed by atoms with Crippen LogP contribution in [0.5, 0.6) is 5.75 Å². The molecule has 138 valence electrons. The fraction of sp³-hybridized carbons (Fsp3) is 0.300. The molecule has 2 aromatic rings. The second-order valence-electron chi connectivity index (χ2n) is 5.95. The van der Waals surface area contributed by atoms with Crippen molar-refractivity contribution >= 4 is 11.6 Å². The molecule has 2 N–H and O–H groups in total. The van der Waals surface area contributed by atoms with Crippen molar-refractivity contribution in [3.8, 4) is 5.75 Å². The first kappa shape index (κ1) is 19.6. The van der Waals surface area contributed by atoms with Crippen LogP contribution >= 0.6 is 0 Å². The van der Waals surface area contributed by atoms with Gasteiger partial charge in [-0.2, -0.15) is 5.10 Å². The third-order valence-corrected chi connectivity index (χ3v) is 4.22. The molecule has 0 saturated carbocycles. The van der Waals surface area contributed by atoms with Gasteiger partial charge in [-0.3, -0.25) is 9.69 Å². The van der Waals surface area contributed by atoms with Crippen molar-refractivity contribution in [3.05, 3.63) is 65.0 Å². The Morgan fingerprint density at radius 1 is 1.12 bits per heavy atom. The SMILES string of the molecule is CCN(CC)Cc1cc(/C(C)=N/NC(=O)c2ccc(F)cc2)ccc1O. The predicted octanol–water partition coefficient (Wildman–Crippen LogP) is 3.53. The zero-order chi connectivity index (χ0) is 19.1. The van der Waals surface area contributed by atoms with Gasteiger partial charge in [0, 0.05) is 17.7 Å². The van der Waals surface area contributed by atoms with Crippen LogP contribution in [0.25, 0.3) is 0 Å². The van der Waals surface area contributed by atoms with Gasteiger partial charge >= 0.3 is 0 Å². The van der Waals surface area contributed by atoms with E-state index in [2.05, 4.69) is 29.3 Å². The summed E-state index contributed by atoms with van der Waals surface area (Å²) in [4.78, 5) is 14.2. The Balaban J connectivity index is 2.12. The van der Waals surface area contributed by atoms with E-state index in [1.165, 1.54) is 24.3 Å². The first-order valence-corrected chi connectivity index (χ1v) is 8.59. The lowest BCUT2D eigenvalue weighted by molar-refractivity contribution is 0.0955. The summed E-state index contributed by atoms with van der Waals surface area (Å²) in [5.41, 5.74) is 5.03. The van der Waals surface area contributed by atoms with Crippen molar-refractivity contribution in [1.29, 1.82) is 0 Å². The molecule has 0 heterocycles. The Morgan fingerprint density at radius 3 is 2.35 bits per heavy atom. The minimum atomic E-state index is -0.411. The molecule has 0 aromatic heterocycles. The van der Waals surface area contributed by atoms with Crippen LogP contribution in [0.3, 0.4) is 0 Å². The third kappa shape index (κ3) is 5.13. The minimum absolute atomic E-state index is 0.240. The number of hydrogen-bond donors (Lipinski definition) is 2. The van der Waals surface area contributed by atoms with Gasteiger partial charge in [-0.1, -0.05) is 13.8 Å². The first-order valence-electron chi connectivity index (χ1n) is 8.59. The van der Waals surface area contributed by atoms with Crippen molar-refractivity contribution in [2.75, 3.05) is 13.1 Å². The Morgan fingerprint density at radius 2 is 1.73 bits per heavy atom. The summed E-state index contributed by atoms with van der Waals surface area (Å²) in [5.74, 6) is -0.568. The highest BCUT2D eigenvalue weighted by Crippen LogP contribution is 2.21. The second kappa shape index (κ2) is 9.10. The lowest BCUT2D eigenvalue weighted by Crippen LogP contribution is -2.22. The van der Waals surface area contributed by atoms with Gasteiger partial charge in [0.2, 0.25) is 0 Å². The number of phenolic OH excluding ortho intramolecular Hbond substituents is 1. The van der Waals surface area contributed by atoms with Crippen molar-refractivity contribution in [3.63, 3.8) is 0 Å². The largest absolute Gasteiger partial charge is 0.508 e. The molecule has 26 heavy (non-hydrogen) atoms. The van der Waals surface area contributed by atoms with E-state index in [1.807, 2.05) is 6.07 Å². The summed E-state index contributed by atoms with van der Waals surface area (Å²) in [6.45, 7) is 8.34. The molecular formula is C20H24FN3O2. The van der Waals surface area contributed by atoms with Crippen molar-refractivity contribution in [1.82, 2.24) is 10.3 Å². The van der Waals surface area contributed by atoms with Crippen LogP contribution in [0, 0.1) is 5.82 Å². The van der Waals surface area contributed by atoms with E-state index >= 15 is 0 Å². The molecule has 2 rings (SSSR count). The number of hydrazone groups is 1. The number of amides is 1. The molecule has 0 bridgehead atoms. The number of carbonyl (C=O) groups excluding carboxylic acids is 1. The number of hydrogen-bond acceptors (Lipinski definition) is 4. The average molecular weight is 357 g/mol. The van der Waals surface area contributed by atoms with Crippen LogP contribution in [0.15, 0.2) is 47.6 Å². The van der Waals surface area contributed by atoms with E-state index in [9.17, 15) is 14.3 Å². The summed E-state index contributed by atoms with van der Waals surface area (Å²) in [6.07, 6.45) is 0. The van der Waals surface area contributed by atoms with E-state index in [4.69, 9.17) is 0 Å². The number of nitrogens with zero attached hydrogens (tertiary/aromatic N) is 2. The minimum Gasteiger partial charge on any atom is -0.508 e. The van der Waals surface area contributed by atoms with Gasteiger partial charge in [-0.05, 0) is 68.0 Å². The van der Waals surface area contributed by atoms with E-state index in [-0.39, 0.29) is 5.75 Å². The van der Waals surface area contributed by atoms with Gasteiger partial charge in [0.1, 0.15) is 11.6 Å². The number of nitrogens with one attached hydrogen (secondary N) is 1. The molecule has 0 fully saturated rings. The molecule has 0 unspecified atom stereocenters. The molecule has 2 aromatic carbocycles. The van der Waals surface area contributed by atoms with Gasteiger partial charge in [0.25, 0.3) is 5.91 Å². The lowest BCUT2D eigenvalue weighted by atomic mass is 10.1. The Bertz CT molecular complexity index is 784. The normalized spacial score (nSPS) is 11.7. The van der Waals surface area contributed by atoms with Gasteiger partial charge in [-0.15, -0.1) is 0 Å². The number of halogens is 1. The highest BCUT2D eigenvalue weighted by molar-refractivity contribution is 6.01. The Hall–Kier alpha value is -2.73. The summed E-state index contributed by atoms with van der Waals surface area (Å²) >= 11 is 0. The fourth-order valence-corrected chi connectivity index (χ4v) is 2.49. The van der Waals surface area contributed by atoms with Crippen LogP contribution in [-0.4, -0.2) is 34.7 Å². The summed E-state index contributed by atoms with van der Waals surface area (Å²) < 4.78 is 12.9. The molecule has 0 spiro atoms. The van der Waals surface area contributed by atoms with Crippen molar-refractivity contribution in [2.24, 2.45) is 5.10 Å². The number of phenols is 1. The number of rotatable bonds is 7. The molecule has 0 aliphatic carbocycles. The van der Waals surface area contributed by atoms with Crippen LogP contribution < -0.4 is 5.43 Å². The molecule has 0 saturated heterocycles. The monoisotopic (exact) mass is 357 g/mol. The molecule has 1 amide bonds. The number of aromatic hydroxyl groups is 1. The van der Waals surface area contributed by atoms with Gasteiger partial charge in [0.05, 0.1) is 5.71 Å². The van der Waals surface area contributed by atoms with Crippen LogP contribution in [0.1, 0.15) is 42.3 Å². The molecule has 0 atom stereocenters. The lowest BCUT2D eigenvalue weighted by Gasteiger charge is -2.19. The first-order chi connectivity index (χ1) is 12.4. The third-order valence-electron chi connectivity index (χ3n) is 4.22. The zero-order valence-corrected chi connectivity index (χ0v) is 15.3. The molecule has 0 radical (unpaired) electrons. The molecule has 6 heteroatoms. The molecule has 0 aliphatic rings. The topological polar surface area (TPSA) is 64.9 Å². The zero-order valence-electron chi connectivity index (χ0n) is 15.3. The van der Waals surface area contributed by atoms with Crippen molar-refractivity contribution < 1.29 is 14.3 Å². The number of benzene rings is 2.